The Bertz CT molecular complexity index is 1630. The number of benzene rings is 3. The highest BCUT2D eigenvalue weighted by atomic mass is 32.2. The van der Waals surface area contributed by atoms with E-state index in [1.807, 2.05) is 62.4 Å². The SMILES string of the molecule is CC(C)COC(=O)n1ccc2c(-c3cc(C#N)c4cnn(S(=O)c5ccccc5)c4c3)cccc21. The van der Waals surface area contributed by atoms with Crippen LogP contribution in [0.2, 0.25) is 0 Å². The molecule has 7 nitrogen and oxygen atoms in total. The summed E-state index contributed by atoms with van der Waals surface area (Å²) >= 11 is 0. The number of carbonyl (C=O) groups is 1. The summed E-state index contributed by atoms with van der Waals surface area (Å²) in [7, 11) is -1.57. The Morgan fingerprint density at radius 2 is 1.86 bits per heavy atom. The zero-order chi connectivity index (χ0) is 24.5. The highest BCUT2D eigenvalue weighted by Gasteiger charge is 2.18. The van der Waals surface area contributed by atoms with Gasteiger partial charge < -0.3 is 4.74 Å². The Hall–Kier alpha value is -4.22. The van der Waals surface area contributed by atoms with Crippen molar-refractivity contribution in [3.8, 4) is 17.2 Å². The van der Waals surface area contributed by atoms with Gasteiger partial charge in [0.2, 0.25) is 0 Å². The number of fused-ring (bicyclic) bond motifs is 2. The molecule has 174 valence electrons. The van der Waals surface area contributed by atoms with Gasteiger partial charge >= 0.3 is 6.09 Å². The molecule has 0 amide bonds. The maximum Gasteiger partial charge on any atom is 0.418 e. The van der Waals surface area contributed by atoms with E-state index in [-0.39, 0.29) is 5.92 Å². The van der Waals surface area contributed by atoms with Gasteiger partial charge in [-0.1, -0.05) is 44.2 Å². The summed E-state index contributed by atoms with van der Waals surface area (Å²) in [5.74, 6) is 0.235. The van der Waals surface area contributed by atoms with Gasteiger partial charge in [0.25, 0.3) is 0 Å². The van der Waals surface area contributed by atoms with Crippen molar-refractivity contribution < 1.29 is 13.7 Å². The quantitative estimate of drug-likeness (QED) is 0.319. The smallest absolute Gasteiger partial charge is 0.418 e. The van der Waals surface area contributed by atoms with Crippen molar-refractivity contribution in [3.63, 3.8) is 0 Å². The highest BCUT2D eigenvalue weighted by molar-refractivity contribution is 7.83. The molecule has 2 heterocycles. The van der Waals surface area contributed by atoms with E-state index in [4.69, 9.17) is 4.74 Å². The predicted molar refractivity (Wildman–Crippen MR) is 135 cm³/mol. The number of nitriles is 1. The van der Waals surface area contributed by atoms with Gasteiger partial charge in [-0.3, -0.25) is 4.57 Å². The van der Waals surface area contributed by atoms with Crippen LogP contribution in [0.3, 0.4) is 0 Å². The van der Waals surface area contributed by atoms with Crippen LogP contribution >= 0.6 is 0 Å². The molecule has 0 saturated carbocycles. The van der Waals surface area contributed by atoms with Crippen LogP contribution in [0.1, 0.15) is 19.4 Å². The van der Waals surface area contributed by atoms with Gasteiger partial charge in [0.1, 0.15) is 0 Å². The lowest BCUT2D eigenvalue weighted by Crippen LogP contribution is -2.15. The molecular formula is C27H22N4O3S. The van der Waals surface area contributed by atoms with Crippen LogP contribution in [0.5, 0.6) is 0 Å². The molecule has 5 aromatic rings. The lowest BCUT2D eigenvalue weighted by molar-refractivity contribution is 0.135. The van der Waals surface area contributed by atoms with Crippen LogP contribution in [0.15, 0.2) is 84.0 Å². The minimum Gasteiger partial charge on any atom is -0.449 e. The second-order valence-corrected chi connectivity index (χ2v) is 9.86. The molecule has 0 bridgehead atoms. The van der Waals surface area contributed by atoms with E-state index in [1.165, 1.54) is 8.65 Å². The number of carbonyl (C=O) groups excluding carboxylic acids is 1. The van der Waals surface area contributed by atoms with Crippen molar-refractivity contribution in [2.45, 2.75) is 18.7 Å². The van der Waals surface area contributed by atoms with Gasteiger partial charge in [-0.15, -0.1) is 0 Å². The van der Waals surface area contributed by atoms with Gasteiger partial charge in [0.05, 0.1) is 40.4 Å². The molecule has 0 aliphatic heterocycles. The molecule has 8 heteroatoms. The van der Waals surface area contributed by atoms with Gasteiger partial charge in [-0.25, -0.2) is 9.00 Å². The summed E-state index contributed by atoms with van der Waals surface area (Å²) in [5.41, 5.74) is 3.33. The topological polar surface area (TPSA) is 89.9 Å². The molecular weight excluding hydrogens is 460 g/mol. The first kappa shape index (κ1) is 22.6. The summed E-state index contributed by atoms with van der Waals surface area (Å²) in [4.78, 5) is 13.2. The van der Waals surface area contributed by atoms with Gasteiger partial charge in [-0.05, 0) is 53.4 Å². The molecule has 1 unspecified atom stereocenters. The highest BCUT2D eigenvalue weighted by Crippen LogP contribution is 2.33. The van der Waals surface area contributed by atoms with Gasteiger partial charge in [0, 0.05) is 17.0 Å². The Morgan fingerprint density at radius 3 is 2.60 bits per heavy atom. The van der Waals surface area contributed by atoms with Gasteiger partial charge in [-0.2, -0.15) is 14.4 Å². The molecule has 2 aromatic heterocycles. The van der Waals surface area contributed by atoms with Crippen LogP contribution in [0, 0.1) is 17.2 Å². The fourth-order valence-electron chi connectivity index (χ4n) is 4.01. The Labute approximate surface area is 204 Å². The zero-order valence-electron chi connectivity index (χ0n) is 19.2. The largest absolute Gasteiger partial charge is 0.449 e. The molecule has 0 aliphatic rings. The molecule has 3 aromatic carbocycles. The second kappa shape index (κ2) is 9.20. The fraction of sp³-hybridized carbons (Fsp3) is 0.148. The molecule has 0 aliphatic carbocycles. The summed E-state index contributed by atoms with van der Waals surface area (Å²) in [6, 6.07) is 22.5. The molecule has 0 N–H and O–H groups in total. The van der Waals surface area contributed by atoms with E-state index in [9.17, 15) is 14.3 Å². The molecule has 0 fully saturated rings. The lowest BCUT2D eigenvalue weighted by Gasteiger charge is -2.10. The van der Waals surface area contributed by atoms with E-state index < -0.39 is 17.1 Å². The van der Waals surface area contributed by atoms with Crippen LogP contribution in [0.25, 0.3) is 32.9 Å². The maximum absolute atomic E-state index is 13.2. The van der Waals surface area contributed by atoms with E-state index in [0.29, 0.717) is 33.5 Å². The van der Waals surface area contributed by atoms with E-state index >= 15 is 0 Å². The van der Waals surface area contributed by atoms with E-state index in [0.717, 1.165) is 16.5 Å². The van der Waals surface area contributed by atoms with Crippen LogP contribution in [-0.4, -0.2) is 30.7 Å². The average Bonchev–Trinajstić information content (AvgIpc) is 3.51. The Balaban J connectivity index is 1.64. The van der Waals surface area contributed by atoms with Gasteiger partial charge in [0.15, 0.2) is 11.0 Å². The molecule has 35 heavy (non-hydrogen) atoms. The molecule has 0 spiro atoms. The van der Waals surface area contributed by atoms with Crippen molar-refractivity contribution in [2.75, 3.05) is 6.61 Å². The number of ether oxygens (including phenoxy) is 1. The minimum absolute atomic E-state index is 0.235. The summed E-state index contributed by atoms with van der Waals surface area (Å²) in [6.45, 7) is 4.30. The molecule has 5 rings (SSSR count). The van der Waals surface area contributed by atoms with Crippen LogP contribution < -0.4 is 0 Å². The fourth-order valence-corrected chi connectivity index (χ4v) is 5.06. The number of nitrogens with zero attached hydrogens (tertiary/aromatic N) is 4. The van der Waals surface area contributed by atoms with Crippen LogP contribution in [-0.2, 0) is 15.7 Å². The predicted octanol–water partition coefficient (Wildman–Crippen LogP) is 5.74. The van der Waals surface area contributed by atoms with Crippen molar-refractivity contribution in [2.24, 2.45) is 5.92 Å². The lowest BCUT2D eigenvalue weighted by atomic mass is 9.98. The molecule has 0 saturated heterocycles. The first-order valence-electron chi connectivity index (χ1n) is 11.1. The van der Waals surface area contributed by atoms with Crippen molar-refractivity contribution >= 4 is 38.9 Å². The van der Waals surface area contributed by atoms with Crippen molar-refractivity contribution in [3.05, 3.63) is 84.7 Å². The second-order valence-electron chi connectivity index (χ2n) is 8.54. The normalized spacial score (nSPS) is 12.2. The van der Waals surface area contributed by atoms with Crippen molar-refractivity contribution in [1.29, 1.82) is 5.26 Å². The average molecular weight is 483 g/mol. The minimum atomic E-state index is -1.57. The summed E-state index contributed by atoms with van der Waals surface area (Å²) in [5, 5.41) is 15.6. The van der Waals surface area contributed by atoms with E-state index in [2.05, 4.69) is 11.2 Å². The monoisotopic (exact) mass is 482 g/mol. The first-order valence-corrected chi connectivity index (χ1v) is 12.3. The van der Waals surface area contributed by atoms with Crippen LogP contribution in [0.4, 0.5) is 4.79 Å². The number of rotatable bonds is 5. The molecule has 1 atom stereocenters. The number of hydrogen-bond donors (Lipinski definition) is 0. The maximum atomic E-state index is 13.2. The Morgan fingerprint density at radius 1 is 1.06 bits per heavy atom. The third-order valence-corrected chi connectivity index (χ3v) is 6.94. The third kappa shape index (κ3) is 4.11. The van der Waals surface area contributed by atoms with E-state index in [1.54, 1.807) is 30.6 Å². The zero-order valence-corrected chi connectivity index (χ0v) is 20.0. The Kier molecular flexibility index (Phi) is 5.93. The first-order chi connectivity index (χ1) is 17.0. The van der Waals surface area contributed by atoms with Crippen molar-refractivity contribution in [1.82, 2.24) is 13.8 Å². The summed E-state index contributed by atoms with van der Waals surface area (Å²) in [6.07, 6.45) is 2.82. The third-order valence-electron chi connectivity index (χ3n) is 5.66. The molecule has 0 radical (unpaired) electrons. The standard InChI is InChI=1S/C27H22N4O3S/c1-18(2)17-34-27(32)30-12-11-23-22(9-6-10-25(23)30)19-13-20(15-28)24-16-29-31(26(24)14-19)35(33)21-7-4-3-5-8-21/h3-14,16,18H,17H2,1-2H3. The number of aromatic nitrogens is 3. The summed E-state index contributed by atoms with van der Waals surface area (Å²) < 4.78 is 21.6. The number of hydrogen-bond acceptors (Lipinski definition) is 5.